The number of aryl methyl sites for hydroxylation is 3. The van der Waals surface area contributed by atoms with Gasteiger partial charge in [-0.2, -0.15) is 0 Å². The Balaban J connectivity index is 2.10. The van der Waals surface area contributed by atoms with Crippen LogP contribution in [0.15, 0.2) is 18.2 Å². The van der Waals surface area contributed by atoms with Gasteiger partial charge in [0.05, 0.1) is 11.4 Å². The molecule has 4 rings (SSSR count). The molecule has 0 fully saturated rings. The minimum absolute atomic E-state index is 0.941. The molecular weight excluding hydrogens is 222 g/mol. The summed E-state index contributed by atoms with van der Waals surface area (Å²) in [4.78, 5) is 13.0. The summed E-state index contributed by atoms with van der Waals surface area (Å²) in [5.41, 5.74) is 6.78. The predicted molar refractivity (Wildman–Crippen MR) is 72.8 cm³/mol. The van der Waals surface area contributed by atoms with Crippen molar-refractivity contribution in [2.24, 2.45) is 0 Å². The van der Waals surface area contributed by atoms with E-state index in [1.165, 1.54) is 35.2 Å². The summed E-state index contributed by atoms with van der Waals surface area (Å²) >= 11 is 0. The fourth-order valence-electron chi connectivity index (χ4n) is 2.86. The molecule has 0 amide bonds. The van der Waals surface area contributed by atoms with Crippen LogP contribution in [-0.4, -0.2) is 15.0 Å². The van der Waals surface area contributed by atoms with Crippen LogP contribution < -0.4 is 0 Å². The smallest absolute Gasteiger partial charge is 0.157 e. The first-order valence-corrected chi connectivity index (χ1v) is 6.59. The van der Waals surface area contributed by atoms with E-state index in [0.717, 1.165) is 29.5 Å². The van der Waals surface area contributed by atoms with Crippen LogP contribution >= 0.6 is 0 Å². The molecule has 1 N–H and O–H groups in total. The average molecular weight is 237 g/mol. The zero-order chi connectivity index (χ0) is 12.1. The molecule has 1 aromatic carbocycles. The number of benzene rings is 1. The summed E-state index contributed by atoms with van der Waals surface area (Å²) in [5, 5.41) is 1.20. The van der Waals surface area contributed by atoms with Crippen molar-refractivity contribution in [3.8, 4) is 0 Å². The van der Waals surface area contributed by atoms with E-state index in [1.807, 2.05) is 0 Å². The van der Waals surface area contributed by atoms with Crippen molar-refractivity contribution in [2.75, 3.05) is 0 Å². The Morgan fingerprint density at radius 1 is 1.06 bits per heavy atom. The van der Waals surface area contributed by atoms with E-state index in [1.54, 1.807) is 0 Å². The third-order valence-electron chi connectivity index (χ3n) is 3.81. The van der Waals surface area contributed by atoms with Gasteiger partial charge >= 0.3 is 0 Å². The topological polar surface area (TPSA) is 41.6 Å². The van der Waals surface area contributed by atoms with Gasteiger partial charge in [0.2, 0.25) is 0 Å². The highest BCUT2D eigenvalue weighted by molar-refractivity contribution is 6.03. The molecule has 3 aromatic rings. The molecule has 3 heteroatoms. The number of nitrogens with zero attached hydrogens (tertiary/aromatic N) is 2. The maximum absolute atomic E-state index is 4.85. The molecule has 0 atom stereocenters. The van der Waals surface area contributed by atoms with Crippen molar-refractivity contribution in [3.05, 3.63) is 35.2 Å². The van der Waals surface area contributed by atoms with E-state index in [9.17, 15) is 0 Å². The molecule has 1 aliphatic carbocycles. The van der Waals surface area contributed by atoms with Crippen molar-refractivity contribution < 1.29 is 0 Å². The number of hydrogen-bond acceptors (Lipinski definition) is 2. The third-order valence-corrected chi connectivity index (χ3v) is 3.81. The summed E-state index contributed by atoms with van der Waals surface area (Å²) < 4.78 is 0. The molecule has 0 unspecified atom stereocenters. The SMILES string of the molecule is Cc1ccc2[nH]c3nc4c(nc3c2c1)CCCC4. The molecule has 0 aliphatic heterocycles. The number of fused-ring (bicyclic) bond motifs is 4. The molecular formula is C15H15N3. The van der Waals surface area contributed by atoms with Crippen LogP contribution in [0.1, 0.15) is 29.8 Å². The summed E-state index contributed by atoms with van der Waals surface area (Å²) in [6.45, 7) is 2.12. The standard InChI is InChI=1S/C15H15N3/c1-9-6-7-11-10(8-9)14-15(17-11)18-13-5-3-2-4-12(13)16-14/h6-8H,2-5H2,1H3,(H,17,18). The lowest BCUT2D eigenvalue weighted by Crippen LogP contribution is -2.07. The molecule has 0 radical (unpaired) electrons. The van der Waals surface area contributed by atoms with E-state index < -0.39 is 0 Å². The van der Waals surface area contributed by atoms with E-state index in [-0.39, 0.29) is 0 Å². The largest absolute Gasteiger partial charge is 0.338 e. The molecule has 1 aliphatic rings. The quantitative estimate of drug-likeness (QED) is 0.651. The second kappa shape index (κ2) is 3.55. The van der Waals surface area contributed by atoms with Gasteiger partial charge in [0.15, 0.2) is 5.65 Å². The highest BCUT2D eigenvalue weighted by Gasteiger charge is 2.15. The Hall–Kier alpha value is -1.90. The number of nitrogens with one attached hydrogen (secondary N) is 1. The third kappa shape index (κ3) is 1.37. The zero-order valence-corrected chi connectivity index (χ0v) is 10.5. The molecule has 0 saturated heterocycles. The molecule has 0 bridgehead atoms. The van der Waals surface area contributed by atoms with E-state index in [0.29, 0.717) is 0 Å². The van der Waals surface area contributed by atoms with Crippen molar-refractivity contribution in [2.45, 2.75) is 32.6 Å². The van der Waals surface area contributed by atoms with Gasteiger partial charge in [0, 0.05) is 10.9 Å². The molecule has 3 nitrogen and oxygen atoms in total. The first-order valence-electron chi connectivity index (χ1n) is 6.59. The van der Waals surface area contributed by atoms with Crippen LogP contribution in [0.2, 0.25) is 0 Å². The normalized spacial score (nSPS) is 15.2. The minimum Gasteiger partial charge on any atom is -0.338 e. The van der Waals surface area contributed by atoms with Gasteiger partial charge in [-0.1, -0.05) is 11.6 Å². The monoisotopic (exact) mass is 237 g/mol. The first kappa shape index (κ1) is 10.1. The first-order chi connectivity index (χ1) is 8.81. The number of aromatic nitrogens is 3. The van der Waals surface area contributed by atoms with Gasteiger partial charge in [-0.15, -0.1) is 0 Å². The number of aromatic amines is 1. The minimum atomic E-state index is 0.941. The van der Waals surface area contributed by atoms with Gasteiger partial charge in [-0.25, -0.2) is 9.97 Å². The Labute approximate surface area is 105 Å². The van der Waals surface area contributed by atoms with Gasteiger partial charge in [0.25, 0.3) is 0 Å². The van der Waals surface area contributed by atoms with Gasteiger partial charge in [-0.3, -0.25) is 0 Å². The lowest BCUT2D eigenvalue weighted by Gasteiger charge is -2.12. The van der Waals surface area contributed by atoms with E-state index in [2.05, 4.69) is 30.1 Å². The maximum Gasteiger partial charge on any atom is 0.157 e. The molecule has 18 heavy (non-hydrogen) atoms. The fraction of sp³-hybridized carbons (Fsp3) is 0.333. The summed E-state index contributed by atoms with van der Waals surface area (Å²) in [7, 11) is 0. The van der Waals surface area contributed by atoms with Crippen LogP contribution in [-0.2, 0) is 12.8 Å². The van der Waals surface area contributed by atoms with Crippen LogP contribution in [0.4, 0.5) is 0 Å². The molecule has 90 valence electrons. The van der Waals surface area contributed by atoms with Crippen LogP contribution in [0.5, 0.6) is 0 Å². The predicted octanol–water partition coefficient (Wildman–Crippen LogP) is 3.30. The van der Waals surface area contributed by atoms with E-state index >= 15 is 0 Å². The zero-order valence-electron chi connectivity index (χ0n) is 10.5. The van der Waals surface area contributed by atoms with Crippen LogP contribution in [0.25, 0.3) is 22.1 Å². The average Bonchev–Trinajstić information content (AvgIpc) is 2.73. The molecule has 2 heterocycles. The maximum atomic E-state index is 4.85. The van der Waals surface area contributed by atoms with Gasteiger partial charge < -0.3 is 4.98 Å². The lowest BCUT2D eigenvalue weighted by atomic mass is 10.0. The number of H-pyrrole nitrogens is 1. The number of rotatable bonds is 0. The number of hydrogen-bond donors (Lipinski definition) is 1. The van der Waals surface area contributed by atoms with Gasteiger partial charge in [0.1, 0.15) is 5.52 Å². The summed E-state index contributed by atoms with van der Waals surface area (Å²) in [6, 6.07) is 6.43. The Kier molecular flexibility index (Phi) is 1.98. The van der Waals surface area contributed by atoms with Crippen molar-refractivity contribution >= 4 is 22.1 Å². The second-order valence-electron chi connectivity index (χ2n) is 5.20. The van der Waals surface area contributed by atoms with E-state index in [4.69, 9.17) is 9.97 Å². The molecule has 0 saturated carbocycles. The molecule has 2 aromatic heterocycles. The van der Waals surface area contributed by atoms with Crippen molar-refractivity contribution in [3.63, 3.8) is 0 Å². The van der Waals surface area contributed by atoms with Crippen molar-refractivity contribution in [1.82, 2.24) is 15.0 Å². The van der Waals surface area contributed by atoms with Crippen LogP contribution in [0.3, 0.4) is 0 Å². The van der Waals surface area contributed by atoms with Gasteiger partial charge in [-0.05, 0) is 44.7 Å². The fourth-order valence-corrected chi connectivity index (χ4v) is 2.86. The Bertz CT molecular complexity index is 755. The Morgan fingerprint density at radius 3 is 2.67 bits per heavy atom. The summed E-state index contributed by atoms with van der Waals surface area (Å²) in [5.74, 6) is 0. The Morgan fingerprint density at radius 2 is 1.83 bits per heavy atom. The highest BCUT2D eigenvalue weighted by Crippen LogP contribution is 2.27. The van der Waals surface area contributed by atoms with Crippen molar-refractivity contribution in [1.29, 1.82) is 0 Å². The second-order valence-corrected chi connectivity index (χ2v) is 5.20. The summed E-state index contributed by atoms with van der Waals surface area (Å²) in [6.07, 6.45) is 4.64. The molecule has 0 spiro atoms. The van der Waals surface area contributed by atoms with Crippen LogP contribution in [0, 0.1) is 6.92 Å². The lowest BCUT2D eigenvalue weighted by molar-refractivity contribution is 0.654. The highest BCUT2D eigenvalue weighted by atomic mass is 14.9.